The Morgan fingerprint density at radius 2 is 2.28 bits per heavy atom. The fraction of sp³-hybridized carbons (Fsp3) is 0.385. The summed E-state index contributed by atoms with van der Waals surface area (Å²) in [6.07, 6.45) is 4.20. The Balaban J connectivity index is 1.61. The lowest BCUT2D eigenvalue weighted by molar-refractivity contribution is 0.612. The Morgan fingerprint density at radius 3 is 3.06 bits per heavy atom. The zero-order chi connectivity index (χ0) is 12.4. The molecule has 5 heteroatoms. The first-order chi connectivity index (χ1) is 8.79. The standard InChI is InChI=1S/C13H15FN4/c14-11-3-1-2-10(6-11)8-18-9-16-13(17-18)7-15-12-4-5-12/h1-3,6,9,12,15H,4-5,7-8H2. The third-order valence-corrected chi connectivity index (χ3v) is 2.94. The van der Waals surface area contributed by atoms with Gasteiger partial charge in [0.25, 0.3) is 0 Å². The maximum absolute atomic E-state index is 13.0. The van der Waals surface area contributed by atoms with Crippen LogP contribution < -0.4 is 5.32 Å². The van der Waals surface area contributed by atoms with Gasteiger partial charge in [-0.2, -0.15) is 5.10 Å². The van der Waals surface area contributed by atoms with E-state index in [1.165, 1.54) is 25.0 Å². The molecule has 0 aliphatic heterocycles. The zero-order valence-electron chi connectivity index (χ0n) is 10.0. The number of benzene rings is 1. The van der Waals surface area contributed by atoms with Crippen molar-refractivity contribution in [1.82, 2.24) is 20.1 Å². The molecule has 1 heterocycles. The molecule has 1 aliphatic rings. The normalized spacial score (nSPS) is 14.9. The molecule has 0 bridgehead atoms. The highest BCUT2D eigenvalue weighted by molar-refractivity contribution is 5.16. The Bertz CT molecular complexity index is 533. The van der Waals surface area contributed by atoms with Gasteiger partial charge in [-0.15, -0.1) is 0 Å². The highest BCUT2D eigenvalue weighted by Gasteiger charge is 2.20. The van der Waals surface area contributed by atoms with Crippen LogP contribution in [0.25, 0.3) is 0 Å². The van der Waals surface area contributed by atoms with Crippen molar-refractivity contribution in [3.8, 4) is 0 Å². The fourth-order valence-corrected chi connectivity index (χ4v) is 1.84. The van der Waals surface area contributed by atoms with Gasteiger partial charge in [-0.25, -0.2) is 14.1 Å². The number of nitrogens with one attached hydrogen (secondary N) is 1. The van der Waals surface area contributed by atoms with Crippen LogP contribution in [0, 0.1) is 5.82 Å². The zero-order valence-corrected chi connectivity index (χ0v) is 10.0. The van der Waals surface area contributed by atoms with Crippen LogP contribution in [-0.2, 0) is 13.1 Å². The molecule has 1 saturated carbocycles. The van der Waals surface area contributed by atoms with Crippen molar-refractivity contribution in [3.05, 3.63) is 47.8 Å². The first-order valence-corrected chi connectivity index (χ1v) is 6.16. The topological polar surface area (TPSA) is 42.7 Å². The summed E-state index contributed by atoms with van der Waals surface area (Å²) in [5.41, 5.74) is 0.890. The van der Waals surface area contributed by atoms with E-state index in [1.54, 1.807) is 17.1 Å². The molecular formula is C13H15FN4. The largest absolute Gasteiger partial charge is 0.307 e. The second-order valence-corrected chi connectivity index (χ2v) is 4.64. The van der Waals surface area contributed by atoms with Crippen LogP contribution in [0.5, 0.6) is 0 Å². The summed E-state index contributed by atoms with van der Waals surface area (Å²) in [5.74, 6) is 0.571. The number of hydrogen-bond acceptors (Lipinski definition) is 3. The number of aromatic nitrogens is 3. The van der Waals surface area contributed by atoms with E-state index in [9.17, 15) is 4.39 Å². The average Bonchev–Trinajstić information content (AvgIpc) is 3.08. The molecule has 4 nitrogen and oxygen atoms in total. The van der Waals surface area contributed by atoms with E-state index >= 15 is 0 Å². The van der Waals surface area contributed by atoms with E-state index in [4.69, 9.17) is 0 Å². The van der Waals surface area contributed by atoms with Crippen molar-refractivity contribution in [1.29, 1.82) is 0 Å². The van der Waals surface area contributed by atoms with E-state index in [0.717, 1.165) is 11.4 Å². The fourth-order valence-electron chi connectivity index (χ4n) is 1.84. The van der Waals surface area contributed by atoms with Gasteiger partial charge < -0.3 is 5.32 Å². The molecular weight excluding hydrogens is 231 g/mol. The Kier molecular flexibility index (Phi) is 3.06. The number of hydrogen-bond donors (Lipinski definition) is 1. The summed E-state index contributed by atoms with van der Waals surface area (Å²) >= 11 is 0. The maximum Gasteiger partial charge on any atom is 0.164 e. The molecule has 1 aromatic carbocycles. The van der Waals surface area contributed by atoms with Crippen LogP contribution in [0.1, 0.15) is 24.2 Å². The molecule has 1 N–H and O–H groups in total. The minimum Gasteiger partial charge on any atom is -0.307 e. The lowest BCUT2D eigenvalue weighted by Crippen LogP contribution is -2.16. The molecule has 1 fully saturated rings. The second kappa shape index (κ2) is 4.86. The van der Waals surface area contributed by atoms with E-state index < -0.39 is 0 Å². The van der Waals surface area contributed by atoms with Gasteiger partial charge in [0.05, 0.1) is 13.1 Å². The van der Waals surface area contributed by atoms with Gasteiger partial charge in [-0.05, 0) is 30.5 Å². The molecule has 18 heavy (non-hydrogen) atoms. The highest BCUT2D eigenvalue weighted by atomic mass is 19.1. The summed E-state index contributed by atoms with van der Waals surface area (Å²) < 4.78 is 14.8. The first-order valence-electron chi connectivity index (χ1n) is 6.16. The van der Waals surface area contributed by atoms with Gasteiger partial charge in [0.2, 0.25) is 0 Å². The lowest BCUT2D eigenvalue weighted by Gasteiger charge is -2.01. The van der Waals surface area contributed by atoms with Crippen LogP contribution in [-0.4, -0.2) is 20.8 Å². The molecule has 0 atom stereocenters. The summed E-state index contributed by atoms with van der Waals surface area (Å²) in [5, 5.41) is 7.72. The molecule has 1 aliphatic carbocycles. The summed E-state index contributed by atoms with van der Waals surface area (Å²) in [7, 11) is 0. The van der Waals surface area contributed by atoms with Crippen molar-refractivity contribution < 1.29 is 4.39 Å². The van der Waals surface area contributed by atoms with Crippen LogP contribution in [0.4, 0.5) is 4.39 Å². The molecule has 2 aromatic rings. The van der Waals surface area contributed by atoms with Gasteiger partial charge in [-0.3, -0.25) is 0 Å². The minimum absolute atomic E-state index is 0.219. The lowest BCUT2D eigenvalue weighted by atomic mass is 10.2. The molecule has 0 radical (unpaired) electrons. The van der Waals surface area contributed by atoms with Crippen molar-refractivity contribution in [2.45, 2.75) is 32.0 Å². The first kappa shape index (κ1) is 11.3. The summed E-state index contributed by atoms with van der Waals surface area (Å²) in [6, 6.07) is 7.20. The van der Waals surface area contributed by atoms with Gasteiger partial charge in [0.15, 0.2) is 5.82 Å². The third-order valence-electron chi connectivity index (χ3n) is 2.94. The third kappa shape index (κ3) is 2.92. The number of rotatable bonds is 5. The number of nitrogens with zero attached hydrogens (tertiary/aromatic N) is 3. The van der Waals surface area contributed by atoms with E-state index in [-0.39, 0.29) is 5.82 Å². The number of halogens is 1. The van der Waals surface area contributed by atoms with E-state index in [2.05, 4.69) is 15.4 Å². The molecule has 3 rings (SSSR count). The van der Waals surface area contributed by atoms with Gasteiger partial charge in [0, 0.05) is 6.04 Å². The van der Waals surface area contributed by atoms with Crippen LogP contribution in [0.15, 0.2) is 30.6 Å². The monoisotopic (exact) mass is 246 g/mol. The van der Waals surface area contributed by atoms with Crippen molar-refractivity contribution >= 4 is 0 Å². The summed E-state index contributed by atoms with van der Waals surface area (Å²) in [4.78, 5) is 4.23. The molecule has 94 valence electrons. The summed E-state index contributed by atoms with van der Waals surface area (Å²) in [6.45, 7) is 1.26. The van der Waals surface area contributed by atoms with Gasteiger partial charge in [-0.1, -0.05) is 12.1 Å². The van der Waals surface area contributed by atoms with Crippen molar-refractivity contribution in [2.24, 2.45) is 0 Å². The Labute approximate surface area is 105 Å². The average molecular weight is 246 g/mol. The SMILES string of the molecule is Fc1cccc(Cn2cnc(CNC3CC3)n2)c1. The van der Waals surface area contributed by atoms with E-state index in [0.29, 0.717) is 19.1 Å². The smallest absolute Gasteiger partial charge is 0.164 e. The van der Waals surface area contributed by atoms with Crippen molar-refractivity contribution in [2.75, 3.05) is 0 Å². The van der Waals surface area contributed by atoms with Gasteiger partial charge >= 0.3 is 0 Å². The van der Waals surface area contributed by atoms with Crippen molar-refractivity contribution in [3.63, 3.8) is 0 Å². The molecule has 1 aromatic heterocycles. The minimum atomic E-state index is -0.219. The van der Waals surface area contributed by atoms with Crippen LogP contribution in [0.3, 0.4) is 0 Å². The molecule has 0 unspecified atom stereocenters. The maximum atomic E-state index is 13.0. The van der Waals surface area contributed by atoms with Crippen LogP contribution in [0.2, 0.25) is 0 Å². The Morgan fingerprint density at radius 1 is 1.39 bits per heavy atom. The second-order valence-electron chi connectivity index (χ2n) is 4.64. The Hall–Kier alpha value is -1.75. The quantitative estimate of drug-likeness (QED) is 0.873. The predicted octanol–water partition coefficient (Wildman–Crippen LogP) is 1.72. The van der Waals surface area contributed by atoms with Crippen LogP contribution >= 0.6 is 0 Å². The predicted molar refractivity (Wildman–Crippen MR) is 65.4 cm³/mol. The highest BCUT2D eigenvalue weighted by Crippen LogP contribution is 2.18. The molecule has 0 amide bonds. The molecule has 0 spiro atoms. The van der Waals surface area contributed by atoms with Gasteiger partial charge in [0.1, 0.15) is 12.1 Å². The molecule has 0 saturated heterocycles. The van der Waals surface area contributed by atoms with E-state index in [1.807, 2.05) is 6.07 Å².